The third-order valence-corrected chi connectivity index (χ3v) is 6.19. The highest BCUT2D eigenvalue weighted by atomic mass is 35.5. The molecule has 2 N–H and O–H groups in total. The van der Waals surface area contributed by atoms with Gasteiger partial charge >= 0.3 is 0 Å². The molecular weight excluding hydrogens is 448 g/mol. The van der Waals surface area contributed by atoms with E-state index >= 15 is 4.39 Å². The van der Waals surface area contributed by atoms with E-state index in [1.807, 2.05) is 0 Å². The molecule has 0 spiro atoms. The number of sulfonamides is 1. The Kier molecular flexibility index (Phi) is 5.42. The predicted octanol–water partition coefficient (Wildman–Crippen LogP) is 4.81. The largest absolute Gasteiger partial charge is 0.333 e. The van der Waals surface area contributed by atoms with E-state index in [4.69, 9.17) is 11.6 Å². The zero-order valence-corrected chi connectivity index (χ0v) is 17.5. The summed E-state index contributed by atoms with van der Waals surface area (Å²) in [6.07, 6.45) is 1.22. The smallest absolute Gasteiger partial charge is 0.263 e. The highest BCUT2D eigenvalue weighted by Crippen LogP contribution is 2.32. The van der Waals surface area contributed by atoms with Crippen LogP contribution in [-0.4, -0.2) is 23.4 Å². The van der Waals surface area contributed by atoms with Crippen LogP contribution in [0, 0.1) is 18.6 Å². The minimum absolute atomic E-state index is 0.0373. The van der Waals surface area contributed by atoms with Crippen LogP contribution in [0.2, 0.25) is 5.02 Å². The Labute approximate surface area is 181 Å². The van der Waals surface area contributed by atoms with Gasteiger partial charge in [0.05, 0.1) is 16.2 Å². The van der Waals surface area contributed by atoms with Crippen LogP contribution in [0.1, 0.15) is 5.69 Å². The molecule has 0 unspecified atom stereocenters. The summed E-state index contributed by atoms with van der Waals surface area (Å²) in [7, 11) is -4.22. The first kappa shape index (κ1) is 20.9. The molecule has 0 radical (unpaired) electrons. The van der Waals surface area contributed by atoms with E-state index in [-0.39, 0.29) is 15.7 Å². The first-order valence-electron chi connectivity index (χ1n) is 8.87. The average Bonchev–Trinajstić information content (AvgIpc) is 2.73. The van der Waals surface area contributed by atoms with Gasteiger partial charge < -0.3 is 5.32 Å². The number of nitrogens with one attached hydrogen (secondary N) is 2. The minimum atomic E-state index is -4.22. The number of rotatable bonds is 5. The molecule has 31 heavy (non-hydrogen) atoms. The Balaban J connectivity index is 1.74. The monoisotopic (exact) mass is 461 g/mol. The number of nitrogens with zero attached hydrogens (tertiary/aromatic N) is 3. The number of hydrogen-bond acceptors (Lipinski definition) is 6. The maximum atomic E-state index is 15.1. The van der Waals surface area contributed by atoms with Gasteiger partial charge in [-0.05, 0) is 43.3 Å². The molecule has 2 aromatic heterocycles. The Morgan fingerprint density at radius 1 is 1.00 bits per heavy atom. The summed E-state index contributed by atoms with van der Waals surface area (Å²) in [5.74, 6) is -2.04. The fourth-order valence-electron chi connectivity index (χ4n) is 2.86. The summed E-state index contributed by atoms with van der Waals surface area (Å²) in [5.41, 5.74) is 0.379. The molecule has 2 heterocycles. The summed E-state index contributed by atoms with van der Waals surface area (Å²) < 4.78 is 56.9. The molecule has 0 atom stereocenters. The van der Waals surface area contributed by atoms with Crippen LogP contribution in [0.5, 0.6) is 0 Å². The zero-order chi connectivity index (χ0) is 22.2. The van der Waals surface area contributed by atoms with Crippen molar-refractivity contribution in [1.82, 2.24) is 15.0 Å². The second kappa shape index (κ2) is 8.05. The van der Waals surface area contributed by atoms with Crippen molar-refractivity contribution in [3.8, 4) is 0 Å². The van der Waals surface area contributed by atoms with Crippen molar-refractivity contribution in [3.63, 3.8) is 0 Å². The fourth-order valence-corrected chi connectivity index (χ4v) is 4.44. The van der Waals surface area contributed by atoms with Gasteiger partial charge in [0.1, 0.15) is 28.2 Å². The standard InChI is InChI=1S/C20H14ClF2N5O2S/c1-11-6-8-15-19(26-11)20(25-10-24-15)27-18-13(22)7-9-14(17(18)23)28-31(29,30)16-5-3-2-4-12(16)21/h2-10,28H,1H3,(H,24,25,27). The van der Waals surface area contributed by atoms with E-state index in [0.717, 1.165) is 12.1 Å². The maximum absolute atomic E-state index is 15.1. The van der Waals surface area contributed by atoms with Gasteiger partial charge in [0.15, 0.2) is 11.6 Å². The quantitative estimate of drug-likeness (QED) is 0.442. The summed E-state index contributed by atoms with van der Waals surface area (Å²) in [4.78, 5) is 12.2. The van der Waals surface area contributed by atoms with Crippen LogP contribution >= 0.6 is 11.6 Å². The highest BCUT2D eigenvalue weighted by Gasteiger charge is 2.22. The summed E-state index contributed by atoms with van der Waals surface area (Å²) in [6, 6.07) is 11.0. The lowest BCUT2D eigenvalue weighted by atomic mass is 10.2. The average molecular weight is 462 g/mol. The van der Waals surface area contributed by atoms with Crippen molar-refractivity contribution < 1.29 is 17.2 Å². The maximum Gasteiger partial charge on any atom is 0.263 e. The molecule has 158 valence electrons. The molecule has 0 saturated heterocycles. The summed E-state index contributed by atoms with van der Waals surface area (Å²) >= 11 is 5.94. The zero-order valence-electron chi connectivity index (χ0n) is 15.9. The molecular formula is C20H14ClF2N5O2S. The van der Waals surface area contributed by atoms with E-state index < -0.39 is 33.0 Å². The van der Waals surface area contributed by atoms with E-state index in [1.54, 1.807) is 25.1 Å². The molecule has 0 aliphatic carbocycles. The number of pyridine rings is 1. The van der Waals surface area contributed by atoms with E-state index in [9.17, 15) is 12.8 Å². The highest BCUT2D eigenvalue weighted by molar-refractivity contribution is 7.92. The minimum Gasteiger partial charge on any atom is -0.333 e. The second-order valence-electron chi connectivity index (χ2n) is 6.49. The first-order chi connectivity index (χ1) is 14.8. The molecule has 0 aliphatic heterocycles. The number of hydrogen-bond donors (Lipinski definition) is 2. The van der Waals surface area contributed by atoms with Crippen LogP contribution in [-0.2, 0) is 10.0 Å². The number of aryl methyl sites for hydroxylation is 1. The van der Waals surface area contributed by atoms with Gasteiger partial charge in [0.25, 0.3) is 10.0 Å². The molecule has 2 aromatic carbocycles. The second-order valence-corrected chi connectivity index (χ2v) is 8.55. The van der Waals surface area contributed by atoms with Gasteiger partial charge in [0, 0.05) is 5.69 Å². The van der Waals surface area contributed by atoms with E-state index in [2.05, 4.69) is 25.0 Å². The molecule has 7 nitrogen and oxygen atoms in total. The van der Waals surface area contributed by atoms with Crippen LogP contribution in [0.15, 0.2) is 59.8 Å². The molecule has 11 heteroatoms. The first-order valence-corrected chi connectivity index (χ1v) is 10.7. The number of halogens is 3. The molecule has 0 saturated carbocycles. The molecule has 0 amide bonds. The fraction of sp³-hybridized carbons (Fsp3) is 0.0500. The van der Waals surface area contributed by atoms with Crippen LogP contribution < -0.4 is 10.0 Å². The third-order valence-electron chi connectivity index (χ3n) is 4.33. The van der Waals surface area contributed by atoms with Crippen molar-refractivity contribution in [2.45, 2.75) is 11.8 Å². The van der Waals surface area contributed by atoms with Gasteiger partial charge in [-0.3, -0.25) is 4.72 Å². The number of benzene rings is 2. The summed E-state index contributed by atoms with van der Waals surface area (Å²) in [5, 5.41) is 2.53. The van der Waals surface area contributed by atoms with Crippen molar-refractivity contribution in [3.05, 3.63) is 77.2 Å². The van der Waals surface area contributed by atoms with Gasteiger partial charge in [-0.25, -0.2) is 32.2 Å². The molecule has 4 aromatic rings. The normalized spacial score (nSPS) is 11.5. The van der Waals surface area contributed by atoms with Crippen LogP contribution in [0.4, 0.5) is 26.0 Å². The van der Waals surface area contributed by atoms with Crippen molar-refractivity contribution >= 4 is 49.9 Å². The Morgan fingerprint density at radius 2 is 1.77 bits per heavy atom. The summed E-state index contributed by atoms with van der Waals surface area (Å²) in [6.45, 7) is 1.75. The topological polar surface area (TPSA) is 96.9 Å². The number of aromatic nitrogens is 3. The van der Waals surface area contributed by atoms with Gasteiger partial charge in [-0.2, -0.15) is 0 Å². The van der Waals surface area contributed by atoms with E-state index in [0.29, 0.717) is 16.7 Å². The van der Waals surface area contributed by atoms with Gasteiger partial charge in [0.2, 0.25) is 0 Å². The van der Waals surface area contributed by atoms with Crippen molar-refractivity contribution in [2.75, 3.05) is 10.0 Å². The third kappa shape index (κ3) is 4.12. The Hall–Kier alpha value is -3.37. The SMILES string of the molecule is Cc1ccc2ncnc(Nc3c(F)ccc(NS(=O)(=O)c4ccccc4Cl)c3F)c2n1. The molecule has 0 bridgehead atoms. The Bertz CT molecular complexity index is 1420. The number of anilines is 3. The van der Waals surface area contributed by atoms with Gasteiger partial charge in [-0.1, -0.05) is 23.7 Å². The van der Waals surface area contributed by atoms with Crippen LogP contribution in [0.25, 0.3) is 11.0 Å². The number of fused-ring (bicyclic) bond motifs is 1. The van der Waals surface area contributed by atoms with Gasteiger partial charge in [-0.15, -0.1) is 0 Å². The lowest BCUT2D eigenvalue weighted by Crippen LogP contribution is -2.15. The van der Waals surface area contributed by atoms with Crippen molar-refractivity contribution in [1.29, 1.82) is 0 Å². The van der Waals surface area contributed by atoms with Crippen molar-refractivity contribution in [2.24, 2.45) is 0 Å². The van der Waals surface area contributed by atoms with Crippen LogP contribution in [0.3, 0.4) is 0 Å². The lowest BCUT2D eigenvalue weighted by molar-refractivity contribution is 0.588. The Morgan fingerprint density at radius 3 is 2.55 bits per heavy atom. The molecule has 4 rings (SSSR count). The van der Waals surface area contributed by atoms with E-state index in [1.165, 1.54) is 24.5 Å². The lowest BCUT2D eigenvalue weighted by Gasteiger charge is -2.14. The molecule has 0 aliphatic rings. The predicted molar refractivity (Wildman–Crippen MR) is 114 cm³/mol. The molecule has 0 fully saturated rings.